The number of anilines is 1. The van der Waals surface area contributed by atoms with E-state index in [1.54, 1.807) is 23.5 Å². The van der Waals surface area contributed by atoms with Crippen LogP contribution in [-0.2, 0) is 6.54 Å². The first-order chi connectivity index (χ1) is 12.9. The molecule has 0 aliphatic heterocycles. The van der Waals surface area contributed by atoms with Crippen LogP contribution in [0.25, 0.3) is 0 Å². The molecule has 2 aromatic rings. The molecule has 27 heavy (non-hydrogen) atoms. The Morgan fingerprint density at radius 3 is 2.52 bits per heavy atom. The van der Waals surface area contributed by atoms with E-state index in [9.17, 15) is 8.78 Å². The van der Waals surface area contributed by atoms with E-state index in [-0.39, 0.29) is 5.84 Å². The number of nitrogens with one attached hydrogen (secondary N) is 2. The molecule has 9 heteroatoms. The Morgan fingerprint density at radius 1 is 1.30 bits per heavy atom. The van der Waals surface area contributed by atoms with Gasteiger partial charge in [-0.3, -0.25) is 9.71 Å². The van der Waals surface area contributed by atoms with Gasteiger partial charge in [0.25, 0.3) is 6.43 Å². The minimum absolute atomic E-state index is 0.126. The third kappa shape index (κ3) is 5.73. The number of methoxy groups -OCH3 is 1. The molecule has 2 rings (SSSR count). The van der Waals surface area contributed by atoms with Gasteiger partial charge in [0.1, 0.15) is 11.6 Å². The van der Waals surface area contributed by atoms with Gasteiger partial charge in [-0.05, 0) is 45.8 Å². The summed E-state index contributed by atoms with van der Waals surface area (Å²) in [5.74, 6) is 0.874. The largest absolute Gasteiger partial charge is 0.497 e. The zero-order valence-corrected chi connectivity index (χ0v) is 17.9. The van der Waals surface area contributed by atoms with Gasteiger partial charge in [0.2, 0.25) is 0 Å². The molecule has 0 unspecified atom stereocenters. The number of benzene rings is 2. The molecule has 0 bridgehead atoms. The van der Waals surface area contributed by atoms with Crippen LogP contribution in [0, 0.1) is 5.41 Å². The number of rotatable bonds is 8. The lowest BCUT2D eigenvalue weighted by Crippen LogP contribution is -2.26. The normalized spacial score (nSPS) is 10.8. The van der Waals surface area contributed by atoms with Gasteiger partial charge in [-0.25, -0.2) is 8.78 Å². The monoisotopic (exact) mass is 477 g/mol. The first-order valence-electron chi connectivity index (χ1n) is 7.90. The van der Waals surface area contributed by atoms with Crippen LogP contribution >= 0.6 is 39.5 Å². The molecule has 0 amide bonds. The lowest BCUT2D eigenvalue weighted by molar-refractivity contribution is 0.163. The Labute approximate surface area is 175 Å². The SMILES string of the molecule is COc1ccc(CN(SC)C(=N)c2c(Cl)ccc(Br)c2NCC(F)F)cc1. The molecule has 2 aromatic carbocycles. The average Bonchev–Trinajstić information content (AvgIpc) is 2.66. The summed E-state index contributed by atoms with van der Waals surface area (Å²) < 4.78 is 32.8. The van der Waals surface area contributed by atoms with Crippen LogP contribution in [0.15, 0.2) is 40.9 Å². The summed E-state index contributed by atoms with van der Waals surface area (Å²) in [5, 5.41) is 11.6. The number of halogens is 4. The van der Waals surface area contributed by atoms with Crippen molar-refractivity contribution < 1.29 is 13.5 Å². The topological polar surface area (TPSA) is 48.4 Å². The number of hydrogen-bond donors (Lipinski definition) is 2. The minimum Gasteiger partial charge on any atom is -0.497 e. The van der Waals surface area contributed by atoms with Gasteiger partial charge in [0.15, 0.2) is 0 Å². The second-order valence-electron chi connectivity index (χ2n) is 5.47. The molecule has 0 aliphatic rings. The van der Waals surface area contributed by atoms with Crippen molar-refractivity contribution in [1.29, 1.82) is 5.41 Å². The smallest absolute Gasteiger partial charge is 0.255 e. The van der Waals surface area contributed by atoms with Crippen molar-refractivity contribution in [2.75, 3.05) is 25.2 Å². The fourth-order valence-electron chi connectivity index (χ4n) is 2.39. The quantitative estimate of drug-likeness (QED) is 0.282. The Bertz CT molecular complexity index is 793. The summed E-state index contributed by atoms with van der Waals surface area (Å²) in [5.41, 5.74) is 1.72. The molecule has 0 fully saturated rings. The van der Waals surface area contributed by atoms with E-state index < -0.39 is 13.0 Å². The second kappa shape index (κ2) is 10.1. The maximum absolute atomic E-state index is 12.7. The lowest BCUT2D eigenvalue weighted by Gasteiger charge is -2.25. The van der Waals surface area contributed by atoms with E-state index in [1.165, 1.54) is 11.9 Å². The fraction of sp³-hybridized carbons (Fsp3) is 0.278. The van der Waals surface area contributed by atoms with Crippen molar-refractivity contribution in [3.05, 3.63) is 57.0 Å². The zero-order valence-electron chi connectivity index (χ0n) is 14.7. The maximum Gasteiger partial charge on any atom is 0.255 e. The molecule has 0 saturated carbocycles. The van der Waals surface area contributed by atoms with E-state index in [0.717, 1.165) is 11.3 Å². The number of nitrogens with zero attached hydrogens (tertiary/aromatic N) is 1. The summed E-state index contributed by atoms with van der Waals surface area (Å²) in [6.07, 6.45) is -0.676. The highest BCUT2D eigenvalue weighted by molar-refractivity contribution is 9.10. The van der Waals surface area contributed by atoms with Crippen molar-refractivity contribution in [3.63, 3.8) is 0 Å². The first kappa shape index (κ1) is 21.8. The van der Waals surface area contributed by atoms with Gasteiger partial charge in [-0.2, -0.15) is 0 Å². The van der Waals surface area contributed by atoms with Crippen LogP contribution in [-0.4, -0.2) is 36.5 Å². The number of amidine groups is 1. The summed E-state index contributed by atoms with van der Waals surface area (Å²) in [6, 6.07) is 10.8. The molecular formula is C18H19BrClF2N3OS. The number of ether oxygens (including phenoxy) is 1. The molecule has 0 spiro atoms. The Hall–Kier alpha value is -1.51. The van der Waals surface area contributed by atoms with Crippen molar-refractivity contribution in [3.8, 4) is 5.75 Å². The summed E-state index contributed by atoms with van der Waals surface area (Å²) in [4.78, 5) is 0. The molecular weight excluding hydrogens is 460 g/mol. The summed E-state index contributed by atoms with van der Waals surface area (Å²) in [7, 11) is 1.60. The van der Waals surface area contributed by atoms with Crippen LogP contribution in [0.4, 0.5) is 14.5 Å². The van der Waals surface area contributed by atoms with E-state index >= 15 is 0 Å². The van der Waals surface area contributed by atoms with E-state index in [1.807, 2.05) is 30.5 Å². The third-order valence-corrected chi connectivity index (χ3v) is 5.46. The van der Waals surface area contributed by atoms with Gasteiger partial charge < -0.3 is 10.1 Å². The average molecular weight is 479 g/mol. The highest BCUT2D eigenvalue weighted by atomic mass is 79.9. The van der Waals surface area contributed by atoms with Crippen LogP contribution < -0.4 is 10.1 Å². The molecule has 0 aliphatic carbocycles. The Kier molecular flexibility index (Phi) is 8.19. The van der Waals surface area contributed by atoms with Crippen LogP contribution in [0.1, 0.15) is 11.1 Å². The van der Waals surface area contributed by atoms with Gasteiger partial charge in [-0.15, -0.1) is 0 Å². The van der Waals surface area contributed by atoms with Gasteiger partial charge in [-0.1, -0.05) is 35.7 Å². The molecule has 0 aromatic heterocycles. The van der Waals surface area contributed by atoms with Crippen molar-refractivity contribution in [2.24, 2.45) is 0 Å². The zero-order chi connectivity index (χ0) is 20.0. The van der Waals surface area contributed by atoms with E-state index in [2.05, 4.69) is 21.2 Å². The minimum atomic E-state index is -2.52. The third-order valence-electron chi connectivity index (χ3n) is 3.73. The van der Waals surface area contributed by atoms with Gasteiger partial charge in [0, 0.05) is 10.7 Å². The highest BCUT2D eigenvalue weighted by Crippen LogP contribution is 2.34. The lowest BCUT2D eigenvalue weighted by atomic mass is 10.1. The molecule has 0 heterocycles. The van der Waals surface area contributed by atoms with Crippen LogP contribution in [0.2, 0.25) is 5.02 Å². The van der Waals surface area contributed by atoms with Crippen molar-refractivity contribution in [2.45, 2.75) is 13.0 Å². The predicted molar refractivity (Wildman–Crippen MR) is 113 cm³/mol. The number of hydrogen-bond acceptors (Lipinski definition) is 4. The van der Waals surface area contributed by atoms with Crippen molar-refractivity contribution >= 4 is 51.0 Å². The van der Waals surface area contributed by atoms with Crippen molar-refractivity contribution in [1.82, 2.24) is 4.31 Å². The molecule has 0 atom stereocenters. The highest BCUT2D eigenvalue weighted by Gasteiger charge is 2.21. The van der Waals surface area contributed by atoms with E-state index in [0.29, 0.717) is 27.3 Å². The molecule has 0 saturated heterocycles. The molecule has 4 nitrogen and oxygen atoms in total. The van der Waals surface area contributed by atoms with Gasteiger partial charge in [0.05, 0.1) is 36.5 Å². The predicted octanol–water partition coefficient (Wildman–Crippen LogP) is 5.89. The second-order valence-corrected chi connectivity index (χ2v) is 7.53. The van der Waals surface area contributed by atoms with E-state index in [4.69, 9.17) is 21.7 Å². The van der Waals surface area contributed by atoms with Crippen LogP contribution in [0.3, 0.4) is 0 Å². The standard InChI is InChI=1S/C18H19BrClF2N3OS/c1-26-12-5-3-11(4-6-12)10-25(27-2)18(23)16-14(20)8-7-13(19)17(16)24-9-15(21)22/h3-8,15,23-24H,9-10H2,1-2H3. The Morgan fingerprint density at radius 2 is 1.96 bits per heavy atom. The summed E-state index contributed by atoms with van der Waals surface area (Å²) in [6.45, 7) is -0.0852. The summed E-state index contributed by atoms with van der Waals surface area (Å²) >= 11 is 11.0. The molecule has 2 N–H and O–H groups in total. The van der Waals surface area contributed by atoms with Crippen LogP contribution in [0.5, 0.6) is 5.75 Å². The molecule has 146 valence electrons. The molecule has 0 radical (unpaired) electrons. The number of alkyl halides is 2. The first-order valence-corrected chi connectivity index (χ1v) is 10.3. The Balaban J connectivity index is 2.31. The fourth-order valence-corrected chi connectivity index (χ4v) is 3.66. The maximum atomic E-state index is 12.7. The van der Waals surface area contributed by atoms with Gasteiger partial charge >= 0.3 is 0 Å².